The molecule has 1 aromatic heterocycles. The number of rotatable bonds is 6. The summed E-state index contributed by atoms with van der Waals surface area (Å²) in [6.07, 6.45) is 1.68. The van der Waals surface area contributed by atoms with Crippen molar-refractivity contribution >= 4 is 29.4 Å². The maximum Gasteiger partial charge on any atom is 0.259 e. The molecule has 6 heteroatoms. The molecule has 0 fully saturated rings. The highest BCUT2D eigenvalue weighted by atomic mass is 35.5. The van der Waals surface area contributed by atoms with Crippen LogP contribution in [-0.4, -0.2) is 23.2 Å². The first-order valence-corrected chi connectivity index (χ1v) is 9.39. The number of nitrogens with zero attached hydrogens (tertiary/aromatic N) is 2. The maximum atomic E-state index is 12.0. The molecule has 3 aromatic rings. The second-order valence-corrected chi connectivity index (χ2v) is 7.09. The molecule has 144 valence electrons. The smallest absolute Gasteiger partial charge is 0.259 e. The third kappa shape index (κ3) is 4.81. The van der Waals surface area contributed by atoms with Crippen molar-refractivity contribution in [3.05, 3.63) is 82.1 Å². The number of aromatic nitrogens is 1. The number of aryl methyl sites for hydroxylation is 2. The van der Waals surface area contributed by atoms with Crippen molar-refractivity contribution in [2.24, 2.45) is 5.10 Å². The number of benzene rings is 2. The van der Waals surface area contributed by atoms with E-state index in [0.717, 1.165) is 28.3 Å². The van der Waals surface area contributed by atoms with Gasteiger partial charge in [-0.05, 0) is 68.8 Å². The lowest BCUT2D eigenvalue weighted by Gasteiger charge is -2.10. The number of amides is 1. The topological polar surface area (TPSA) is 58.4 Å². The van der Waals surface area contributed by atoms with Gasteiger partial charge in [-0.2, -0.15) is 5.10 Å². The molecule has 0 radical (unpaired) electrons. The maximum absolute atomic E-state index is 12.0. The molecule has 5 nitrogen and oxygen atoms in total. The van der Waals surface area contributed by atoms with Crippen LogP contribution in [0.1, 0.15) is 22.5 Å². The van der Waals surface area contributed by atoms with Crippen LogP contribution in [-0.2, 0) is 4.79 Å². The lowest BCUT2D eigenvalue weighted by molar-refractivity contribution is -0.119. The average molecular weight is 395 g/mol. The fourth-order valence-corrected chi connectivity index (χ4v) is 3.17. The van der Waals surface area contributed by atoms with Gasteiger partial charge in [-0.15, -0.1) is 0 Å². The molecule has 0 spiro atoms. The zero-order valence-electron chi connectivity index (χ0n) is 16.2. The number of hydrazone groups is 1. The van der Waals surface area contributed by atoms with Crippen LogP contribution < -0.4 is 10.7 Å². The van der Waals surface area contributed by atoms with Crippen molar-refractivity contribution in [3.8, 4) is 5.69 Å². The molecule has 2 N–H and O–H groups in total. The van der Waals surface area contributed by atoms with E-state index in [4.69, 9.17) is 11.6 Å². The number of carbonyl (C=O) groups is 1. The SMILES string of the molecule is Cc1cccc(-n2c(C)cc(/C=N\NC(=O)CNc3ccc(Cl)cc3)c2C)c1. The van der Waals surface area contributed by atoms with E-state index in [2.05, 4.69) is 58.5 Å². The van der Waals surface area contributed by atoms with Crippen LogP contribution in [0.5, 0.6) is 0 Å². The molecule has 2 aromatic carbocycles. The average Bonchev–Trinajstić information content (AvgIpc) is 2.95. The largest absolute Gasteiger partial charge is 0.376 e. The second kappa shape index (κ2) is 8.76. The Morgan fingerprint density at radius 2 is 1.86 bits per heavy atom. The minimum Gasteiger partial charge on any atom is -0.376 e. The molecule has 0 saturated heterocycles. The normalized spacial score (nSPS) is 11.0. The summed E-state index contributed by atoms with van der Waals surface area (Å²) in [7, 11) is 0. The third-order valence-corrected chi connectivity index (χ3v) is 4.67. The Kier molecular flexibility index (Phi) is 6.16. The van der Waals surface area contributed by atoms with Gasteiger partial charge >= 0.3 is 0 Å². The molecule has 0 aliphatic rings. The molecular formula is C22H23ClN4O. The highest BCUT2D eigenvalue weighted by molar-refractivity contribution is 6.30. The van der Waals surface area contributed by atoms with Gasteiger partial charge in [0.15, 0.2) is 0 Å². The summed E-state index contributed by atoms with van der Waals surface area (Å²) >= 11 is 5.85. The van der Waals surface area contributed by atoms with Crippen LogP contribution in [0, 0.1) is 20.8 Å². The van der Waals surface area contributed by atoms with Crippen molar-refractivity contribution in [2.75, 3.05) is 11.9 Å². The quantitative estimate of drug-likeness (QED) is 0.473. The summed E-state index contributed by atoms with van der Waals surface area (Å²) in [5.74, 6) is -0.223. The van der Waals surface area contributed by atoms with E-state index in [1.165, 1.54) is 5.56 Å². The Bertz CT molecular complexity index is 1010. The lowest BCUT2D eigenvalue weighted by atomic mass is 10.2. The first-order chi connectivity index (χ1) is 13.4. The summed E-state index contributed by atoms with van der Waals surface area (Å²) < 4.78 is 2.18. The van der Waals surface area contributed by atoms with Crippen molar-refractivity contribution in [3.63, 3.8) is 0 Å². The van der Waals surface area contributed by atoms with Crippen LogP contribution in [0.3, 0.4) is 0 Å². The molecule has 0 unspecified atom stereocenters. The fourth-order valence-electron chi connectivity index (χ4n) is 3.05. The number of hydrogen-bond donors (Lipinski definition) is 2. The molecule has 1 heterocycles. The van der Waals surface area contributed by atoms with Gasteiger partial charge in [0.05, 0.1) is 12.8 Å². The van der Waals surface area contributed by atoms with E-state index in [9.17, 15) is 4.79 Å². The van der Waals surface area contributed by atoms with Crippen LogP contribution >= 0.6 is 11.6 Å². The van der Waals surface area contributed by atoms with E-state index in [1.807, 2.05) is 25.1 Å². The molecular weight excluding hydrogens is 372 g/mol. The van der Waals surface area contributed by atoms with Crippen LogP contribution in [0.15, 0.2) is 59.7 Å². The Labute approximate surface area is 170 Å². The molecule has 0 aliphatic heterocycles. The number of hydrogen-bond acceptors (Lipinski definition) is 3. The van der Waals surface area contributed by atoms with E-state index in [0.29, 0.717) is 5.02 Å². The van der Waals surface area contributed by atoms with Gasteiger partial charge in [0.25, 0.3) is 5.91 Å². The molecule has 0 saturated carbocycles. The fraction of sp³-hybridized carbons (Fsp3) is 0.182. The summed E-state index contributed by atoms with van der Waals surface area (Å²) in [5, 5.41) is 7.77. The van der Waals surface area contributed by atoms with Gasteiger partial charge in [-0.3, -0.25) is 4.79 Å². The Balaban J connectivity index is 1.62. The monoisotopic (exact) mass is 394 g/mol. The van der Waals surface area contributed by atoms with Gasteiger partial charge in [0.1, 0.15) is 0 Å². The Morgan fingerprint density at radius 3 is 2.57 bits per heavy atom. The summed E-state index contributed by atoms with van der Waals surface area (Å²) in [6, 6.07) is 17.6. The van der Waals surface area contributed by atoms with Crippen LogP contribution in [0.4, 0.5) is 5.69 Å². The highest BCUT2D eigenvalue weighted by Gasteiger charge is 2.09. The predicted octanol–water partition coefficient (Wildman–Crippen LogP) is 4.62. The van der Waals surface area contributed by atoms with Gasteiger partial charge in [0.2, 0.25) is 0 Å². The standard InChI is InChI=1S/C22H23ClN4O/c1-15-5-4-6-21(11-15)27-16(2)12-18(17(27)3)13-25-26-22(28)14-24-20-9-7-19(23)8-10-20/h4-13,24H,14H2,1-3H3,(H,26,28)/b25-13-. The molecule has 0 atom stereocenters. The lowest BCUT2D eigenvalue weighted by Crippen LogP contribution is -2.25. The van der Waals surface area contributed by atoms with Crippen LogP contribution in [0.2, 0.25) is 5.02 Å². The molecule has 1 amide bonds. The molecule has 0 aliphatic carbocycles. The first kappa shape index (κ1) is 19.7. The van der Waals surface area contributed by atoms with E-state index >= 15 is 0 Å². The minimum atomic E-state index is -0.223. The van der Waals surface area contributed by atoms with Crippen molar-refractivity contribution in [1.29, 1.82) is 0 Å². The minimum absolute atomic E-state index is 0.126. The third-order valence-electron chi connectivity index (χ3n) is 4.42. The van der Waals surface area contributed by atoms with Crippen LogP contribution in [0.25, 0.3) is 5.69 Å². The molecule has 0 bridgehead atoms. The van der Waals surface area contributed by atoms with Gasteiger partial charge in [0, 0.05) is 33.3 Å². The Hall–Kier alpha value is -3.05. The van der Waals surface area contributed by atoms with Crippen molar-refractivity contribution in [1.82, 2.24) is 9.99 Å². The number of anilines is 1. The number of halogens is 1. The summed E-state index contributed by atoms with van der Waals surface area (Å²) in [5.41, 5.74) is 8.84. The van der Waals surface area contributed by atoms with Gasteiger partial charge in [-0.25, -0.2) is 5.43 Å². The highest BCUT2D eigenvalue weighted by Crippen LogP contribution is 2.20. The summed E-state index contributed by atoms with van der Waals surface area (Å²) in [4.78, 5) is 12.0. The van der Waals surface area contributed by atoms with Gasteiger partial charge in [-0.1, -0.05) is 23.7 Å². The zero-order chi connectivity index (χ0) is 20.1. The zero-order valence-corrected chi connectivity index (χ0v) is 16.9. The van der Waals surface area contributed by atoms with E-state index in [1.54, 1.807) is 18.3 Å². The summed E-state index contributed by atoms with van der Waals surface area (Å²) in [6.45, 7) is 6.30. The molecule has 28 heavy (non-hydrogen) atoms. The van der Waals surface area contributed by atoms with Crippen molar-refractivity contribution in [2.45, 2.75) is 20.8 Å². The number of nitrogens with one attached hydrogen (secondary N) is 2. The van der Waals surface area contributed by atoms with E-state index < -0.39 is 0 Å². The Morgan fingerprint density at radius 1 is 1.11 bits per heavy atom. The molecule has 3 rings (SSSR count). The van der Waals surface area contributed by atoms with E-state index in [-0.39, 0.29) is 12.5 Å². The van der Waals surface area contributed by atoms with Crippen molar-refractivity contribution < 1.29 is 4.79 Å². The first-order valence-electron chi connectivity index (χ1n) is 9.01. The predicted molar refractivity (Wildman–Crippen MR) is 116 cm³/mol. The second-order valence-electron chi connectivity index (χ2n) is 6.65. The van der Waals surface area contributed by atoms with Gasteiger partial charge < -0.3 is 9.88 Å². The number of carbonyl (C=O) groups excluding carboxylic acids is 1.